The Kier molecular flexibility index (Phi) is 4.56. The largest absolute Gasteiger partial charge is 0.481 e. The highest BCUT2D eigenvalue weighted by Gasteiger charge is 2.39. The zero-order valence-corrected chi connectivity index (χ0v) is 13.7. The summed E-state index contributed by atoms with van der Waals surface area (Å²) < 4.78 is 0.925. The molecule has 2 amide bonds. The van der Waals surface area contributed by atoms with Crippen molar-refractivity contribution >= 4 is 33.6 Å². The zero-order valence-electron chi connectivity index (χ0n) is 12.1. The van der Waals surface area contributed by atoms with Crippen LogP contribution in [0, 0.1) is 12.3 Å². The summed E-state index contributed by atoms with van der Waals surface area (Å²) in [5.41, 5.74) is 0.822. The molecule has 114 valence electrons. The Bertz CT molecular complexity index is 576. The topological polar surface area (TPSA) is 69.6 Å². The lowest BCUT2D eigenvalue weighted by atomic mass is 9.82. The van der Waals surface area contributed by atoms with Gasteiger partial charge in [0.05, 0.1) is 5.41 Å². The second-order valence-corrected chi connectivity index (χ2v) is 6.59. The lowest BCUT2D eigenvalue weighted by Gasteiger charge is -2.37. The first-order valence-corrected chi connectivity index (χ1v) is 7.67. The summed E-state index contributed by atoms with van der Waals surface area (Å²) in [6.45, 7) is 4.43. The number of halogens is 1. The van der Waals surface area contributed by atoms with Crippen LogP contribution < -0.4 is 5.32 Å². The highest BCUT2D eigenvalue weighted by atomic mass is 79.9. The van der Waals surface area contributed by atoms with Gasteiger partial charge in [0, 0.05) is 23.2 Å². The maximum atomic E-state index is 12.3. The van der Waals surface area contributed by atoms with Gasteiger partial charge in [0.2, 0.25) is 0 Å². The number of hydrogen-bond donors (Lipinski definition) is 2. The van der Waals surface area contributed by atoms with Crippen molar-refractivity contribution in [2.75, 3.05) is 18.4 Å². The van der Waals surface area contributed by atoms with Crippen LogP contribution in [0.3, 0.4) is 0 Å². The fourth-order valence-electron chi connectivity index (χ4n) is 2.52. The first kappa shape index (κ1) is 15.8. The van der Waals surface area contributed by atoms with Crippen LogP contribution in [0.15, 0.2) is 22.7 Å². The van der Waals surface area contributed by atoms with Gasteiger partial charge in [-0.05, 0) is 44.4 Å². The summed E-state index contributed by atoms with van der Waals surface area (Å²) in [6.07, 6.45) is 1.30. The van der Waals surface area contributed by atoms with Crippen LogP contribution in [0.25, 0.3) is 0 Å². The number of anilines is 1. The molecule has 2 rings (SSSR count). The van der Waals surface area contributed by atoms with Crippen molar-refractivity contribution in [3.05, 3.63) is 28.2 Å². The van der Waals surface area contributed by atoms with Crippen molar-refractivity contribution in [2.24, 2.45) is 5.41 Å². The van der Waals surface area contributed by atoms with Gasteiger partial charge in [-0.2, -0.15) is 0 Å². The van der Waals surface area contributed by atoms with Gasteiger partial charge in [-0.3, -0.25) is 4.79 Å². The third kappa shape index (κ3) is 3.37. The molecule has 2 N–H and O–H groups in total. The van der Waals surface area contributed by atoms with E-state index in [9.17, 15) is 14.7 Å². The second kappa shape index (κ2) is 6.05. The van der Waals surface area contributed by atoms with Crippen molar-refractivity contribution in [1.29, 1.82) is 0 Å². The molecule has 0 bridgehead atoms. The summed E-state index contributed by atoms with van der Waals surface area (Å²) >= 11 is 3.43. The predicted octanol–water partition coefficient (Wildman–Crippen LogP) is 3.48. The van der Waals surface area contributed by atoms with Gasteiger partial charge in [0.1, 0.15) is 0 Å². The molecule has 5 nitrogen and oxygen atoms in total. The molecule has 0 saturated carbocycles. The molecular weight excluding hydrogens is 336 g/mol. The Hall–Kier alpha value is -1.56. The van der Waals surface area contributed by atoms with E-state index in [1.54, 1.807) is 11.8 Å². The Morgan fingerprint density at radius 1 is 1.43 bits per heavy atom. The van der Waals surface area contributed by atoms with E-state index in [1.807, 2.05) is 25.1 Å². The van der Waals surface area contributed by atoms with Crippen molar-refractivity contribution in [2.45, 2.75) is 26.7 Å². The number of nitrogens with one attached hydrogen (secondary N) is 1. The third-order valence-electron chi connectivity index (χ3n) is 4.01. The molecule has 1 atom stereocenters. The number of carbonyl (C=O) groups excluding carboxylic acids is 1. The molecule has 0 spiro atoms. The summed E-state index contributed by atoms with van der Waals surface area (Å²) in [5, 5.41) is 12.2. The van der Waals surface area contributed by atoms with Crippen LogP contribution in [-0.4, -0.2) is 35.1 Å². The van der Waals surface area contributed by atoms with Crippen LogP contribution in [0.5, 0.6) is 0 Å². The third-order valence-corrected chi connectivity index (χ3v) is 4.87. The van der Waals surface area contributed by atoms with Gasteiger partial charge in [0.25, 0.3) is 0 Å². The number of piperidine rings is 1. The van der Waals surface area contributed by atoms with E-state index in [1.165, 1.54) is 0 Å². The smallest absolute Gasteiger partial charge is 0.321 e. The van der Waals surface area contributed by atoms with Gasteiger partial charge < -0.3 is 15.3 Å². The number of rotatable bonds is 2. The normalized spacial score (nSPS) is 22.0. The SMILES string of the molecule is Cc1c(Br)cccc1NC(=O)N1CCCC(C)(C(=O)O)C1. The molecule has 1 saturated heterocycles. The summed E-state index contributed by atoms with van der Waals surface area (Å²) in [6, 6.07) is 5.35. The van der Waals surface area contributed by atoms with Gasteiger partial charge >= 0.3 is 12.0 Å². The van der Waals surface area contributed by atoms with Gasteiger partial charge in [-0.25, -0.2) is 4.79 Å². The molecule has 0 radical (unpaired) electrons. The molecule has 21 heavy (non-hydrogen) atoms. The molecule has 6 heteroatoms. The predicted molar refractivity (Wildman–Crippen MR) is 84.4 cm³/mol. The number of urea groups is 1. The lowest BCUT2D eigenvalue weighted by molar-refractivity contribution is -0.150. The number of benzene rings is 1. The van der Waals surface area contributed by atoms with Crippen molar-refractivity contribution in [3.8, 4) is 0 Å². The fraction of sp³-hybridized carbons (Fsp3) is 0.467. The Morgan fingerprint density at radius 3 is 2.81 bits per heavy atom. The minimum Gasteiger partial charge on any atom is -0.481 e. The van der Waals surface area contributed by atoms with Crippen LogP contribution >= 0.6 is 15.9 Å². The minimum atomic E-state index is -0.859. The summed E-state index contributed by atoms with van der Waals surface area (Å²) in [7, 11) is 0. The monoisotopic (exact) mass is 354 g/mol. The van der Waals surface area contributed by atoms with E-state index < -0.39 is 11.4 Å². The van der Waals surface area contributed by atoms with Crippen LogP contribution in [0.1, 0.15) is 25.3 Å². The molecule has 1 fully saturated rings. The van der Waals surface area contributed by atoms with E-state index in [2.05, 4.69) is 21.2 Å². The Labute approximate surface area is 132 Å². The first-order valence-electron chi connectivity index (χ1n) is 6.88. The summed E-state index contributed by atoms with van der Waals surface area (Å²) in [4.78, 5) is 25.3. The minimum absolute atomic E-state index is 0.237. The molecule has 1 aromatic carbocycles. The average molecular weight is 355 g/mol. The summed E-state index contributed by atoms with van der Waals surface area (Å²) in [5.74, 6) is -0.848. The standard InChI is InChI=1S/C15H19BrN2O3/c1-10-11(16)5-3-6-12(10)17-14(21)18-8-4-7-15(2,9-18)13(19)20/h3,5-6H,4,7-9H2,1-2H3,(H,17,21)(H,19,20). The number of hydrogen-bond acceptors (Lipinski definition) is 2. The average Bonchev–Trinajstić information content (AvgIpc) is 2.43. The van der Waals surface area contributed by atoms with Crippen LogP contribution in [-0.2, 0) is 4.79 Å². The molecule has 1 aromatic rings. The number of aliphatic carboxylic acids is 1. The maximum absolute atomic E-state index is 12.3. The fourth-order valence-corrected chi connectivity index (χ4v) is 2.89. The quantitative estimate of drug-likeness (QED) is 0.853. The lowest BCUT2D eigenvalue weighted by Crippen LogP contribution is -2.49. The van der Waals surface area contributed by atoms with E-state index in [4.69, 9.17) is 0 Å². The number of likely N-dealkylation sites (tertiary alicyclic amines) is 1. The number of amides is 2. The van der Waals surface area contributed by atoms with Gasteiger partial charge in [-0.1, -0.05) is 22.0 Å². The molecule has 1 heterocycles. The van der Waals surface area contributed by atoms with E-state index >= 15 is 0 Å². The van der Waals surface area contributed by atoms with Gasteiger partial charge in [0.15, 0.2) is 0 Å². The first-order chi connectivity index (χ1) is 9.83. The second-order valence-electron chi connectivity index (χ2n) is 5.73. The van der Waals surface area contributed by atoms with E-state index in [0.29, 0.717) is 19.4 Å². The van der Waals surface area contributed by atoms with Gasteiger partial charge in [-0.15, -0.1) is 0 Å². The van der Waals surface area contributed by atoms with Crippen molar-refractivity contribution < 1.29 is 14.7 Å². The number of carbonyl (C=O) groups is 2. The Morgan fingerprint density at radius 2 is 2.14 bits per heavy atom. The number of nitrogens with zero attached hydrogens (tertiary/aromatic N) is 1. The van der Waals surface area contributed by atoms with Crippen LogP contribution in [0.4, 0.5) is 10.5 Å². The number of carboxylic acid groups (broad SMARTS) is 1. The number of carboxylic acids is 1. The maximum Gasteiger partial charge on any atom is 0.321 e. The molecule has 1 aliphatic rings. The highest BCUT2D eigenvalue weighted by molar-refractivity contribution is 9.10. The zero-order chi connectivity index (χ0) is 15.6. The molecule has 1 aliphatic heterocycles. The van der Waals surface area contributed by atoms with E-state index in [0.717, 1.165) is 15.7 Å². The molecule has 0 aliphatic carbocycles. The van der Waals surface area contributed by atoms with Crippen molar-refractivity contribution in [3.63, 3.8) is 0 Å². The molecular formula is C15H19BrN2O3. The highest BCUT2D eigenvalue weighted by Crippen LogP contribution is 2.30. The molecule has 1 unspecified atom stereocenters. The van der Waals surface area contributed by atoms with Crippen LogP contribution in [0.2, 0.25) is 0 Å². The molecule has 0 aromatic heterocycles. The van der Waals surface area contributed by atoms with Crippen molar-refractivity contribution in [1.82, 2.24) is 4.90 Å². The Balaban J connectivity index is 2.10. The van der Waals surface area contributed by atoms with E-state index in [-0.39, 0.29) is 12.6 Å².